The highest BCUT2D eigenvalue weighted by atomic mass is 79.9. The van der Waals surface area contributed by atoms with Gasteiger partial charge in [0.1, 0.15) is 0 Å². The Kier molecular flexibility index (Phi) is 8.85. The van der Waals surface area contributed by atoms with E-state index in [1.807, 2.05) is 11.8 Å². The van der Waals surface area contributed by atoms with Gasteiger partial charge in [0, 0.05) is 11.0 Å². The number of rotatable bonds is 9. The van der Waals surface area contributed by atoms with Crippen molar-refractivity contribution < 1.29 is 0 Å². The van der Waals surface area contributed by atoms with Crippen LogP contribution in [0.25, 0.3) is 0 Å². The lowest BCUT2D eigenvalue weighted by Crippen LogP contribution is -2.14. The molecule has 1 rings (SSSR count). The average molecular weight is 316 g/mol. The maximum absolute atomic E-state index is 3.49. The molecule has 0 aromatic heterocycles. The van der Waals surface area contributed by atoms with E-state index in [4.69, 9.17) is 0 Å². The van der Waals surface area contributed by atoms with Crippen LogP contribution in [0.4, 0.5) is 0 Å². The fraction of sp³-hybridized carbons (Fsp3) is 0.571. The number of hydrogen-bond acceptors (Lipinski definition) is 2. The Bertz CT molecular complexity index is 304. The van der Waals surface area contributed by atoms with Crippen LogP contribution in [0.5, 0.6) is 0 Å². The van der Waals surface area contributed by atoms with Crippen LogP contribution < -0.4 is 5.32 Å². The van der Waals surface area contributed by atoms with E-state index in [0.717, 1.165) is 17.6 Å². The fourth-order valence-electron chi connectivity index (χ4n) is 1.73. The molecule has 0 heterocycles. The smallest absolute Gasteiger partial charge is 0.0205 e. The zero-order chi connectivity index (χ0) is 12.3. The molecule has 1 N–H and O–H groups in total. The Morgan fingerprint density at radius 2 is 2.00 bits per heavy atom. The summed E-state index contributed by atoms with van der Waals surface area (Å²) < 4.78 is 1.16. The molecular formula is C14H22BrNS. The van der Waals surface area contributed by atoms with Gasteiger partial charge in [-0.15, -0.1) is 0 Å². The summed E-state index contributed by atoms with van der Waals surface area (Å²) in [5.41, 5.74) is 1.35. The molecule has 0 fully saturated rings. The van der Waals surface area contributed by atoms with Gasteiger partial charge in [-0.3, -0.25) is 0 Å². The lowest BCUT2D eigenvalue weighted by atomic mass is 10.2. The van der Waals surface area contributed by atoms with Crippen LogP contribution >= 0.6 is 27.7 Å². The van der Waals surface area contributed by atoms with Crippen LogP contribution in [0.2, 0.25) is 0 Å². The molecule has 0 aliphatic heterocycles. The van der Waals surface area contributed by atoms with Gasteiger partial charge in [-0.05, 0) is 49.1 Å². The first-order chi connectivity index (χ1) is 8.33. The molecule has 0 amide bonds. The summed E-state index contributed by atoms with van der Waals surface area (Å²) in [6, 6.07) is 8.49. The molecule has 0 aliphatic carbocycles. The predicted molar refractivity (Wildman–Crippen MR) is 82.7 cm³/mol. The molecule has 0 aliphatic rings. The third-order valence-corrected chi connectivity index (χ3v) is 3.86. The Hall–Kier alpha value is 0.01000. The Balaban J connectivity index is 1.97. The minimum absolute atomic E-state index is 0.976. The number of thioether (sulfide) groups is 1. The van der Waals surface area contributed by atoms with Gasteiger partial charge in [0.2, 0.25) is 0 Å². The third-order valence-electron chi connectivity index (χ3n) is 2.67. The quantitative estimate of drug-likeness (QED) is 0.675. The van der Waals surface area contributed by atoms with Crippen molar-refractivity contribution >= 4 is 27.7 Å². The second-order valence-electron chi connectivity index (χ2n) is 4.21. The molecule has 96 valence electrons. The highest BCUT2D eigenvalue weighted by Gasteiger charge is 1.94. The number of benzene rings is 1. The third kappa shape index (κ3) is 7.85. The maximum atomic E-state index is 3.49. The average Bonchev–Trinajstić information content (AvgIpc) is 2.33. The van der Waals surface area contributed by atoms with Crippen molar-refractivity contribution in [3.8, 4) is 0 Å². The Labute approximate surface area is 118 Å². The van der Waals surface area contributed by atoms with E-state index in [2.05, 4.69) is 51.8 Å². The van der Waals surface area contributed by atoms with Crippen LogP contribution in [-0.2, 0) is 6.54 Å². The molecule has 0 saturated carbocycles. The van der Waals surface area contributed by atoms with E-state index in [0.29, 0.717) is 0 Å². The molecule has 3 heteroatoms. The normalized spacial score (nSPS) is 10.7. The van der Waals surface area contributed by atoms with Crippen LogP contribution in [0.1, 0.15) is 31.2 Å². The van der Waals surface area contributed by atoms with Gasteiger partial charge in [-0.1, -0.05) is 40.9 Å². The molecule has 0 unspecified atom stereocenters. The van der Waals surface area contributed by atoms with Gasteiger partial charge in [0.25, 0.3) is 0 Å². The van der Waals surface area contributed by atoms with Gasteiger partial charge in [-0.25, -0.2) is 0 Å². The first-order valence-corrected chi connectivity index (χ1v) is 8.45. The SMILES string of the molecule is CSCCCCCCNCc1cccc(Br)c1. The van der Waals surface area contributed by atoms with Gasteiger partial charge >= 0.3 is 0 Å². The van der Waals surface area contributed by atoms with E-state index in [1.165, 1.54) is 37.0 Å². The van der Waals surface area contributed by atoms with Crippen molar-refractivity contribution in [2.75, 3.05) is 18.6 Å². The Morgan fingerprint density at radius 1 is 1.18 bits per heavy atom. The van der Waals surface area contributed by atoms with Gasteiger partial charge in [0.05, 0.1) is 0 Å². The van der Waals surface area contributed by atoms with Gasteiger partial charge < -0.3 is 5.32 Å². The predicted octanol–water partition coefficient (Wildman–Crippen LogP) is 4.46. The highest BCUT2D eigenvalue weighted by Crippen LogP contribution is 2.11. The summed E-state index contributed by atoms with van der Waals surface area (Å²) in [5, 5.41) is 3.49. The van der Waals surface area contributed by atoms with Crippen molar-refractivity contribution in [3.63, 3.8) is 0 Å². The van der Waals surface area contributed by atoms with E-state index in [9.17, 15) is 0 Å². The second-order valence-corrected chi connectivity index (χ2v) is 6.11. The van der Waals surface area contributed by atoms with E-state index in [1.54, 1.807) is 0 Å². The number of halogens is 1. The first-order valence-electron chi connectivity index (χ1n) is 6.27. The molecule has 0 bridgehead atoms. The zero-order valence-electron chi connectivity index (χ0n) is 10.5. The molecule has 0 radical (unpaired) electrons. The summed E-state index contributed by atoms with van der Waals surface area (Å²) in [4.78, 5) is 0. The van der Waals surface area contributed by atoms with Crippen LogP contribution in [0.3, 0.4) is 0 Å². The maximum Gasteiger partial charge on any atom is 0.0205 e. The lowest BCUT2D eigenvalue weighted by molar-refractivity contribution is 0.599. The van der Waals surface area contributed by atoms with Crippen LogP contribution in [0, 0.1) is 0 Å². The van der Waals surface area contributed by atoms with Crippen molar-refractivity contribution in [2.45, 2.75) is 32.2 Å². The van der Waals surface area contributed by atoms with E-state index < -0.39 is 0 Å². The summed E-state index contributed by atoms with van der Waals surface area (Å²) in [7, 11) is 0. The van der Waals surface area contributed by atoms with Crippen molar-refractivity contribution in [3.05, 3.63) is 34.3 Å². The minimum atomic E-state index is 0.976. The summed E-state index contributed by atoms with van der Waals surface area (Å²) in [6.07, 6.45) is 7.57. The molecule has 0 spiro atoms. The lowest BCUT2D eigenvalue weighted by Gasteiger charge is -2.05. The largest absolute Gasteiger partial charge is 0.313 e. The number of hydrogen-bond donors (Lipinski definition) is 1. The van der Waals surface area contributed by atoms with Gasteiger partial charge in [0.15, 0.2) is 0 Å². The first kappa shape index (κ1) is 15.1. The summed E-state index contributed by atoms with van der Waals surface area (Å²) in [5.74, 6) is 1.31. The van der Waals surface area contributed by atoms with Crippen molar-refractivity contribution in [1.29, 1.82) is 0 Å². The molecule has 1 aromatic carbocycles. The monoisotopic (exact) mass is 315 g/mol. The van der Waals surface area contributed by atoms with Crippen LogP contribution in [0.15, 0.2) is 28.7 Å². The molecule has 17 heavy (non-hydrogen) atoms. The van der Waals surface area contributed by atoms with Crippen molar-refractivity contribution in [2.24, 2.45) is 0 Å². The molecular weight excluding hydrogens is 294 g/mol. The summed E-state index contributed by atoms with van der Waals surface area (Å²) >= 11 is 5.44. The van der Waals surface area contributed by atoms with E-state index in [-0.39, 0.29) is 0 Å². The van der Waals surface area contributed by atoms with Crippen LogP contribution in [-0.4, -0.2) is 18.6 Å². The molecule has 0 saturated heterocycles. The molecule has 1 aromatic rings. The fourth-order valence-corrected chi connectivity index (χ4v) is 2.67. The highest BCUT2D eigenvalue weighted by molar-refractivity contribution is 9.10. The topological polar surface area (TPSA) is 12.0 Å². The Morgan fingerprint density at radius 3 is 2.76 bits per heavy atom. The number of nitrogens with one attached hydrogen (secondary N) is 1. The van der Waals surface area contributed by atoms with Crippen molar-refractivity contribution in [1.82, 2.24) is 5.32 Å². The molecule has 1 nitrogen and oxygen atoms in total. The summed E-state index contributed by atoms with van der Waals surface area (Å²) in [6.45, 7) is 2.11. The number of unbranched alkanes of at least 4 members (excludes halogenated alkanes) is 3. The molecule has 0 atom stereocenters. The minimum Gasteiger partial charge on any atom is -0.313 e. The van der Waals surface area contributed by atoms with Gasteiger partial charge in [-0.2, -0.15) is 11.8 Å². The zero-order valence-corrected chi connectivity index (χ0v) is 12.9. The standard InChI is InChI=1S/C14H22BrNS/c1-17-10-5-3-2-4-9-16-12-13-7-6-8-14(15)11-13/h6-8,11,16H,2-5,9-10,12H2,1H3. The van der Waals surface area contributed by atoms with E-state index >= 15 is 0 Å². The second kappa shape index (κ2) is 9.98.